The van der Waals surface area contributed by atoms with Gasteiger partial charge >= 0.3 is 5.97 Å². The summed E-state index contributed by atoms with van der Waals surface area (Å²) < 4.78 is 4.63. The molecular formula is C14H24O4. The number of Topliss-reactive ketones (excluding diaryl/α,β-unsaturated/α-hetero) is 2. The molecule has 0 aliphatic rings. The van der Waals surface area contributed by atoms with E-state index >= 15 is 0 Å². The fourth-order valence-corrected chi connectivity index (χ4v) is 1.44. The van der Waals surface area contributed by atoms with E-state index in [0.29, 0.717) is 0 Å². The van der Waals surface area contributed by atoms with Crippen molar-refractivity contribution in [3.05, 3.63) is 0 Å². The van der Waals surface area contributed by atoms with Crippen LogP contribution in [0.25, 0.3) is 0 Å². The minimum Gasteiger partial charge on any atom is -0.468 e. The SMILES string of the molecule is COC(=O)C(CC(=O)C(C)(C)C)C(=O)C(C)(C)C. The van der Waals surface area contributed by atoms with Crippen LogP contribution in [0, 0.1) is 16.7 Å². The van der Waals surface area contributed by atoms with E-state index in [1.807, 2.05) is 0 Å². The first-order valence-electron chi connectivity index (χ1n) is 6.06. The Kier molecular flexibility index (Phi) is 5.26. The predicted molar refractivity (Wildman–Crippen MR) is 69.0 cm³/mol. The van der Waals surface area contributed by atoms with E-state index in [2.05, 4.69) is 4.74 Å². The van der Waals surface area contributed by atoms with E-state index in [4.69, 9.17) is 0 Å². The second-order valence-electron chi connectivity index (χ2n) is 6.57. The molecule has 0 aliphatic heterocycles. The molecule has 4 nitrogen and oxygen atoms in total. The first-order chi connectivity index (χ1) is 7.91. The highest BCUT2D eigenvalue weighted by Crippen LogP contribution is 2.27. The van der Waals surface area contributed by atoms with Crippen LogP contribution in [0.1, 0.15) is 48.0 Å². The van der Waals surface area contributed by atoms with Crippen LogP contribution in [0.5, 0.6) is 0 Å². The summed E-state index contributed by atoms with van der Waals surface area (Å²) >= 11 is 0. The largest absolute Gasteiger partial charge is 0.468 e. The molecule has 0 spiro atoms. The summed E-state index contributed by atoms with van der Waals surface area (Å²) in [6.07, 6.45) is -0.0910. The van der Waals surface area contributed by atoms with E-state index < -0.39 is 22.7 Å². The van der Waals surface area contributed by atoms with Gasteiger partial charge < -0.3 is 4.74 Å². The number of rotatable bonds is 4. The molecule has 0 aromatic rings. The first kappa shape index (κ1) is 16.8. The zero-order chi connectivity index (χ0) is 14.7. The first-order valence-corrected chi connectivity index (χ1v) is 6.06. The lowest BCUT2D eigenvalue weighted by Gasteiger charge is -2.25. The number of hydrogen-bond donors (Lipinski definition) is 0. The van der Waals surface area contributed by atoms with E-state index in [1.165, 1.54) is 7.11 Å². The molecule has 4 heteroatoms. The molecule has 0 saturated heterocycles. The van der Waals surface area contributed by atoms with Crippen molar-refractivity contribution in [2.24, 2.45) is 16.7 Å². The third kappa shape index (κ3) is 4.59. The van der Waals surface area contributed by atoms with Gasteiger partial charge in [0.2, 0.25) is 0 Å². The Morgan fingerprint density at radius 1 is 0.944 bits per heavy atom. The zero-order valence-corrected chi connectivity index (χ0v) is 12.4. The van der Waals surface area contributed by atoms with Crippen molar-refractivity contribution in [2.45, 2.75) is 48.0 Å². The van der Waals surface area contributed by atoms with Gasteiger partial charge in [0, 0.05) is 17.3 Å². The van der Waals surface area contributed by atoms with Crippen LogP contribution < -0.4 is 0 Å². The summed E-state index contributed by atoms with van der Waals surface area (Å²) in [5.74, 6) is -2.00. The van der Waals surface area contributed by atoms with Gasteiger partial charge in [-0.05, 0) is 0 Å². The molecule has 1 unspecified atom stereocenters. The minimum atomic E-state index is -0.998. The van der Waals surface area contributed by atoms with Gasteiger partial charge in [0.25, 0.3) is 0 Å². The molecule has 0 radical (unpaired) electrons. The minimum absolute atomic E-state index is 0.0910. The maximum Gasteiger partial charge on any atom is 0.316 e. The number of carbonyl (C=O) groups is 3. The Bertz CT molecular complexity index is 342. The number of methoxy groups -OCH3 is 1. The van der Waals surface area contributed by atoms with Gasteiger partial charge in [-0.1, -0.05) is 41.5 Å². The van der Waals surface area contributed by atoms with Gasteiger partial charge in [-0.3, -0.25) is 14.4 Å². The average molecular weight is 256 g/mol. The fraction of sp³-hybridized carbons (Fsp3) is 0.786. The normalized spacial score (nSPS) is 13.9. The van der Waals surface area contributed by atoms with Crippen LogP contribution in [0.2, 0.25) is 0 Å². The fourth-order valence-electron chi connectivity index (χ4n) is 1.44. The second-order valence-corrected chi connectivity index (χ2v) is 6.57. The molecule has 0 aromatic carbocycles. The summed E-state index contributed by atoms with van der Waals surface area (Å²) in [4.78, 5) is 35.8. The third-order valence-electron chi connectivity index (χ3n) is 2.77. The van der Waals surface area contributed by atoms with Crippen molar-refractivity contribution >= 4 is 17.5 Å². The van der Waals surface area contributed by atoms with Crippen molar-refractivity contribution < 1.29 is 19.1 Å². The van der Waals surface area contributed by atoms with Crippen molar-refractivity contribution in [3.8, 4) is 0 Å². The molecule has 1 atom stereocenters. The van der Waals surface area contributed by atoms with Gasteiger partial charge in [0.1, 0.15) is 11.7 Å². The number of carbonyl (C=O) groups excluding carboxylic acids is 3. The van der Waals surface area contributed by atoms with Crippen molar-refractivity contribution in [3.63, 3.8) is 0 Å². The van der Waals surface area contributed by atoms with E-state index in [-0.39, 0.29) is 18.0 Å². The Labute approximate surface area is 109 Å². The quantitative estimate of drug-likeness (QED) is 0.572. The summed E-state index contributed by atoms with van der Waals surface area (Å²) in [5.41, 5.74) is -1.23. The molecule has 0 bridgehead atoms. The molecule has 18 heavy (non-hydrogen) atoms. The highest BCUT2D eigenvalue weighted by molar-refractivity contribution is 6.05. The Morgan fingerprint density at radius 3 is 1.67 bits per heavy atom. The monoisotopic (exact) mass is 256 g/mol. The van der Waals surface area contributed by atoms with Gasteiger partial charge in [-0.25, -0.2) is 0 Å². The van der Waals surface area contributed by atoms with Crippen molar-refractivity contribution in [2.75, 3.05) is 7.11 Å². The molecular weight excluding hydrogens is 232 g/mol. The van der Waals surface area contributed by atoms with Crippen LogP contribution in [-0.4, -0.2) is 24.6 Å². The van der Waals surface area contributed by atoms with Crippen LogP contribution in [-0.2, 0) is 19.1 Å². The topological polar surface area (TPSA) is 60.4 Å². The van der Waals surface area contributed by atoms with Crippen molar-refractivity contribution in [1.29, 1.82) is 0 Å². The third-order valence-corrected chi connectivity index (χ3v) is 2.77. The van der Waals surface area contributed by atoms with Gasteiger partial charge in [-0.2, -0.15) is 0 Å². The molecule has 0 amide bonds. The lowest BCUT2D eigenvalue weighted by atomic mass is 9.77. The molecule has 104 valence electrons. The molecule has 0 heterocycles. The van der Waals surface area contributed by atoms with E-state index in [9.17, 15) is 14.4 Å². The van der Waals surface area contributed by atoms with E-state index in [0.717, 1.165) is 0 Å². The molecule has 0 aromatic heterocycles. The second kappa shape index (κ2) is 5.63. The summed E-state index contributed by atoms with van der Waals surface area (Å²) in [5, 5.41) is 0. The number of ketones is 2. The molecule has 0 rings (SSSR count). The summed E-state index contributed by atoms with van der Waals surface area (Å²) in [6.45, 7) is 10.5. The van der Waals surface area contributed by atoms with Gasteiger partial charge in [-0.15, -0.1) is 0 Å². The van der Waals surface area contributed by atoms with Crippen LogP contribution in [0.15, 0.2) is 0 Å². The number of hydrogen-bond acceptors (Lipinski definition) is 4. The molecule has 0 aliphatic carbocycles. The highest BCUT2D eigenvalue weighted by Gasteiger charge is 2.38. The Hall–Kier alpha value is -1.19. The average Bonchev–Trinajstić information content (AvgIpc) is 2.20. The molecule has 0 N–H and O–H groups in total. The summed E-state index contributed by atoms with van der Waals surface area (Å²) in [7, 11) is 1.23. The lowest BCUT2D eigenvalue weighted by Crippen LogP contribution is -2.37. The zero-order valence-electron chi connectivity index (χ0n) is 12.4. The Morgan fingerprint density at radius 2 is 1.39 bits per heavy atom. The summed E-state index contributed by atoms with van der Waals surface area (Å²) in [6, 6.07) is 0. The molecule has 0 saturated carbocycles. The molecule has 0 fully saturated rings. The number of esters is 1. The maximum atomic E-state index is 12.2. The van der Waals surface area contributed by atoms with Crippen molar-refractivity contribution in [1.82, 2.24) is 0 Å². The van der Waals surface area contributed by atoms with Crippen LogP contribution >= 0.6 is 0 Å². The maximum absolute atomic E-state index is 12.2. The number of ether oxygens (including phenoxy) is 1. The highest BCUT2D eigenvalue weighted by atomic mass is 16.5. The smallest absolute Gasteiger partial charge is 0.316 e. The van der Waals surface area contributed by atoms with Crippen LogP contribution in [0.3, 0.4) is 0 Å². The van der Waals surface area contributed by atoms with E-state index in [1.54, 1.807) is 41.5 Å². The van der Waals surface area contributed by atoms with Gasteiger partial charge in [0.15, 0.2) is 5.78 Å². The lowest BCUT2D eigenvalue weighted by molar-refractivity contribution is -0.154. The predicted octanol–water partition coefficient (Wildman–Crippen LogP) is 2.40. The van der Waals surface area contributed by atoms with Crippen LogP contribution in [0.4, 0.5) is 0 Å². The Balaban J connectivity index is 5.11. The van der Waals surface area contributed by atoms with Gasteiger partial charge in [0.05, 0.1) is 7.11 Å². The standard InChI is InChI=1S/C14H24O4/c1-13(2,3)10(15)8-9(12(17)18-7)11(16)14(4,5)6/h9H,8H2,1-7H3.